The number of carbonyl (C=O) groups excluding carboxylic acids is 1. The maximum atomic E-state index is 11.5. The van der Waals surface area contributed by atoms with Crippen LogP contribution in [0, 0.1) is 0 Å². The van der Waals surface area contributed by atoms with Gasteiger partial charge in [-0.25, -0.2) is 0 Å². The number of methoxy groups -OCH3 is 1. The van der Waals surface area contributed by atoms with Crippen molar-refractivity contribution in [2.24, 2.45) is 5.73 Å². The molecule has 1 aromatic rings. The Bertz CT molecular complexity index is 379. The standard InChI is InChI=1S/C10H12ClNO3/c1-15-6-4-7(9(13)2-3-12)10(14)8(11)5-6/h4-5,14H,2-3,12H2,1H3. The average Bonchev–Trinajstić information content (AvgIpc) is 2.22. The van der Waals surface area contributed by atoms with E-state index in [1.807, 2.05) is 0 Å². The van der Waals surface area contributed by atoms with E-state index in [1.165, 1.54) is 19.2 Å². The Hall–Kier alpha value is -1.26. The predicted molar refractivity (Wildman–Crippen MR) is 57.7 cm³/mol. The lowest BCUT2D eigenvalue weighted by Crippen LogP contribution is -2.08. The SMILES string of the molecule is COc1cc(Cl)c(O)c(C(=O)CCN)c1. The van der Waals surface area contributed by atoms with Gasteiger partial charge in [0.25, 0.3) is 0 Å². The quantitative estimate of drug-likeness (QED) is 0.769. The maximum Gasteiger partial charge on any atom is 0.168 e. The molecule has 1 aromatic carbocycles. The zero-order valence-electron chi connectivity index (χ0n) is 8.29. The number of carbonyl (C=O) groups is 1. The molecule has 0 amide bonds. The number of ether oxygens (including phenoxy) is 1. The molecule has 0 bridgehead atoms. The number of ketones is 1. The predicted octanol–water partition coefficient (Wildman–Crippen LogP) is 1.59. The summed E-state index contributed by atoms with van der Waals surface area (Å²) in [4.78, 5) is 11.5. The lowest BCUT2D eigenvalue weighted by Gasteiger charge is -2.07. The number of benzene rings is 1. The summed E-state index contributed by atoms with van der Waals surface area (Å²) in [7, 11) is 1.46. The molecule has 0 saturated heterocycles. The third-order valence-corrected chi connectivity index (χ3v) is 2.23. The zero-order valence-corrected chi connectivity index (χ0v) is 9.04. The number of rotatable bonds is 4. The second-order valence-electron chi connectivity index (χ2n) is 2.97. The number of hydrogen-bond donors (Lipinski definition) is 2. The summed E-state index contributed by atoms with van der Waals surface area (Å²) in [6.45, 7) is 0.229. The van der Waals surface area contributed by atoms with Gasteiger partial charge in [0.2, 0.25) is 0 Å². The van der Waals surface area contributed by atoms with Crippen molar-refractivity contribution in [1.82, 2.24) is 0 Å². The van der Waals surface area contributed by atoms with Crippen LogP contribution in [-0.2, 0) is 0 Å². The molecular weight excluding hydrogens is 218 g/mol. The molecule has 0 aliphatic carbocycles. The third kappa shape index (κ3) is 2.61. The molecule has 0 spiro atoms. The summed E-state index contributed by atoms with van der Waals surface area (Å²) in [5.41, 5.74) is 5.40. The number of Topliss-reactive ketones (excluding diaryl/α,β-unsaturated/α-hetero) is 1. The van der Waals surface area contributed by atoms with E-state index in [2.05, 4.69) is 0 Å². The summed E-state index contributed by atoms with van der Waals surface area (Å²) in [6, 6.07) is 2.88. The van der Waals surface area contributed by atoms with Gasteiger partial charge in [-0.1, -0.05) is 11.6 Å². The van der Waals surface area contributed by atoms with Gasteiger partial charge in [-0.15, -0.1) is 0 Å². The number of halogens is 1. The van der Waals surface area contributed by atoms with Crippen LogP contribution < -0.4 is 10.5 Å². The molecule has 0 saturated carbocycles. The molecule has 0 aliphatic rings. The summed E-state index contributed by atoms with van der Waals surface area (Å²) in [5.74, 6) is -0.0510. The van der Waals surface area contributed by atoms with Crippen LogP contribution >= 0.6 is 11.6 Å². The van der Waals surface area contributed by atoms with Crippen molar-refractivity contribution >= 4 is 17.4 Å². The molecule has 0 aromatic heterocycles. The molecule has 0 heterocycles. The Morgan fingerprint density at radius 1 is 1.60 bits per heavy atom. The first-order valence-corrected chi connectivity index (χ1v) is 4.77. The second kappa shape index (κ2) is 5.00. The van der Waals surface area contributed by atoms with Crippen molar-refractivity contribution in [1.29, 1.82) is 0 Å². The van der Waals surface area contributed by atoms with E-state index in [1.54, 1.807) is 0 Å². The Labute approximate surface area is 92.6 Å². The van der Waals surface area contributed by atoms with Gasteiger partial charge in [0.1, 0.15) is 11.5 Å². The minimum absolute atomic E-state index is 0.0923. The smallest absolute Gasteiger partial charge is 0.168 e. The van der Waals surface area contributed by atoms with E-state index in [9.17, 15) is 9.90 Å². The number of aromatic hydroxyl groups is 1. The van der Waals surface area contributed by atoms with E-state index in [0.29, 0.717) is 5.75 Å². The fourth-order valence-electron chi connectivity index (χ4n) is 1.17. The molecule has 0 fully saturated rings. The molecule has 4 nitrogen and oxygen atoms in total. The first-order chi connectivity index (χ1) is 7.10. The van der Waals surface area contributed by atoms with Gasteiger partial charge in [-0.2, -0.15) is 0 Å². The van der Waals surface area contributed by atoms with E-state index < -0.39 is 0 Å². The Kier molecular flexibility index (Phi) is 3.94. The monoisotopic (exact) mass is 229 g/mol. The highest BCUT2D eigenvalue weighted by molar-refractivity contribution is 6.32. The Morgan fingerprint density at radius 2 is 2.27 bits per heavy atom. The highest BCUT2D eigenvalue weighted by Crippen LogP contribution is 2.32. The summed E-state index contributed by atoms with van der Waals surface area (Å²) in [5, 5.41) is 9.66. The normalized spacial score (nSPS) is 10.1. The molecule has 0 unspecified atom stereocenters. The first kappa shape index (κ1) is 11.8. The fraction of sp³-hybridized carbons (Fsp3) is 0.300. The van der Waals surface area contributed by atoms with Crippen molar-refractivity contribution < 1.29 is 14.6 Å². The van der Waals surface area contributed by atoms with Crippen LogP contribution in [0.5, 0.6) is 11.5 Å². The molecular formula is C10H12ClNO3. The molecule has 3 N–H and O–H groups in total. The number of phenolic OH excluding ortho intramolecular Hbond substituents is 1. The lowest BCUT2D eigenvalue weighted by molar-refractivity contribution is 0.0982. The largest absolute Gasteiger partial charge is 0.506 e. The number of phenols is 1. The molecule has 1 rings (SSSR count). The minimum atomic E-state index is -0.254. The third-order valence-electron chi connectivity index (χ3n) is 1.94. The van der Waals surface area contributed by atoms with E-state index in [0.717, 1.165) is 0 Å². The number of nitrogens with two attached hydrogens (primary N) is 1. The molecule has 0 radical (unpaired) electrons. The van der Waals surface area contributed by atoms with Crippen LogP contribution in [0.15, 0.2) is 12.1 Å². The van der Waals surface area contributed by atoms with Gasteiger partial charge in [-0.3, -0.25) is 4.79 Å². The van der Waals surface area contributed by atoms with Crippen LogP contribution in [0.25, 0.3) is 0 Å². The lowest BCUT2D eigenvalue weighted by atomic mass is 10.1. The Balaban J connectivity index is 3.15. The van der Waals surface area contributed by atoms with Crippen LogP contribution in [0.3, 0.4) is 0 Å². The minimum Gasteiger partial charge on any atom is -0.506 e. The van der Waals surface area contributed by atoms with Crippen LogP contribution in [0.1, 0.15) is 16.8 Å². The molecule has 82 valence electrons. The van der Waals surface area contributed by atoms with Crippen molar-refractivity contribution in [3.8, 4) is 11.5 Å². The van der Waals surface area contributed by atoms with Gasteiger partial charge in [0.05, 0.1) is 17.7 Å². The van der Waals surface area contributed by atoms with Gasteiger partial charge >= 0.3 is 0 Å². The highest BCUT2D eigenvalue weighted by Gasteiger charge is 2.15. The first-order valence-electron chi connectivity index (χ1n) is 4.40. The molecule has 0 aliphatic heterocycles. The topological polar surface area (TPSA) is 72.5 Å². The second-order valence-corrected chi connectivity index (χ2v) is 3.37. The number of hydrogen-bond acceptors (Lipinski definition) is 4. The van der Waals surface area contributed by atoms with Crippen molar-refractivity contribution in [3.63, 3.8) is 0 Å². The van der Waals surface area contributed by atoms with Gasteiger partial charge in [0, 0.05) is 12.5 Å². The van der Waals surface area contributed by atoms with Crippen molar-refractivity contribution in [3.05, 3.63) is 22.7 Å². The zero-order chi connectivity index (χ0) is 11.4. The van der Waals surface area contributed by atoms with E-state index in [4.69, 9.17) is 22.1 Å². The summed E-state index contributed by atoms with van der Waals surface area (Å²) >= 11 is 5.73. The Morgan fingerprint density at radius 3 is 2.80 bits per heavy atom. The highest BCUT2D eigenvalue weighted by atomic mass is 35.5. The summed E-state index contributed by atoms with van der Waals surface area (Å²) < 4.78 is 4.94. The fourth-order valence-corrected chi connectivity index (χ4v) is 1.38. The van der Waals surface area contributed by atoms with E-state index >= 15 is 0 Å². The van der Waals surface area contributed by atoms with Crippen LogP contribution in [-0.4, -0.2) is 24.5 Å². The van der Waals surface area contributed by atoms with Crippen molar-refractivity contribution in [2.45, 2.75) is 6.42 Å². The van der Waals surface area contributed by atoms with Crippen LogP contribution in [0.4, 0.5) is 0 Å². The van der Waals surface area contributed by atoms with Gasteiger partial charge in [0.15, 0.2) is 5.78 Å². The molecule has 5 heteroatoms. The average molecular weight is 230 g/mol. The maximum absolute atomic E-state index is 11.5. The van der Waals surface area contributed by atoms with Crippen LogP contribution in [0.2, 0.25) is 5.02 Å². The van der Waals surface area contributed by atoms with Gasteiger partial charge < -0.3 is 15.6 Å². The van der Waals surface area contributed by atoms with Gasteiger partial charge in [-0.05, 0) is 12.6 Å². The van der Waals surface area contributed by atoms with E-state index in [-0.39, 0.29) is 35.1 Å². The summed E-state index contributed by atoms with van der Waals surface area (Å²) in [6.07, 6.45) is 0.164. The molecule has 0 atom stereocenters. The molecule has 15 heavy (non-hydrogen) atoms. The van der Waals surface area contributed by atoms with Crippen molar-refractivity contribution in [2.75, 3.05) is 13.7 Å².